The van der Waals surface area contributed by atoms with Crippen molar-refractivity contribution in [1.29, 1.82) is 0 Å². The maximum atomic E-state index is 5.63. The molecule has 4 nitrogen and oxygen atoms in total. The largest absolute Gasteiger partial charge is 0.454 e. The number of pyridine rings is 1. The van der Waals surface area contributed by atoms with Crippen LogP contribution in [0.25, 0.3) is 0 Å². The van der Waals surface area contributed by atoms with E-state index in [-0.39, 0.29) is 6.79 Å². The van der Waals surface area contributed by atoms with Gasteiger partial charge in [0.1, 0.15) is 0 Å². The van der Waals surface area contributed by atoms with Gasteiger partial charge in [-0.3, -0.25) is 4.98 Å². The van der Waals surface area contributed by atoms with Crippen molar-refractivity contribution in [3.63, 3.8) is 0 Å². The Morgan fingerprint density at radius 2 is 2.06 bits per heavy atom. The third-order valence-electron chi connectivity index (χ3n) is 2.71. The van der Waals surface area contributed by atoms with Gasteiger partial charge in [-0.25, -0.2) is 0 Å². The summed E-state index contributed by atoms with van der Waals surface area (Å²) in [5.74, 6) is 1.58. The Balaban J connectivity index is 1.63. The molecule has 0 saturated carbocycles. The van der Waals surface area contributed by atoms with Gasteiger partial charge < -0.3 is 14.2 Å². The quantitative estimate of drug-likeness (QED) is 0.827. The van der Waals surface area contributed by atoms with E-state index in [0.29, 0.717) is 13.2 Å². The first kappa shape index (κ1) is 11.0. The Bertz CT molecular complexity index is 528. The number of hydrogen-bond donors (Lipinski definition) is 0. The molecule has 0 radical (unpaired) electrons. The molecule has 0 N–H and O–H groups in total. The van der Waals surface area contributed by atoms with E-state index in [2.05, 4.69) is 4.98 Å². The lowest BCUT2D eigenvalue weighted by atomic mass is 10.2. The predicted molar refractivity (Wildman–Crippen MR) is 65.3 cm³/mol. The number of nitrogens with zero attached hydrogens (tertiary/aromatic N) is 1. The fourth-order valence-corrected chi connectivity index (χ4v) is 1.85. The molecule has 1 aromatic heterocycles. The van der Waals surface area contributed by atoms with Gasteiger partial charge in [-0.1, -0.05) is 18.2 Å². The Morgan fingerprint density at radius 1 is 1.06 bits per heavy atom. The van der Waals surface area contributed by atoms with E-state index in [1.54, 1.807) is 6.20 Å². The van der Waals surface area contributed by atoms with Gasteiger partial charge in [0, 0.05) is 11.8 Å². The molecule has 0 amide bonds. The number of ether oxygens (including phenoxy) is 3. The van der Waals surface area contributed by atoms with Crippen LogP contribution in [0.5, 0.6) is 11.5 Å². The van der Waals surface area contributed by atoms with Gasteiger partial charge in [0.15, 0.2) is 11.5 Å². The molecule has 18 heavy (non-hydrogen) atoms. The highest BCUT2D eigenvalue weighted by atomic mass is 16.7. The van der Waals surface area contributed by atoms with Crippen LogP contribution in [0.2, 0.25) is 0 Å². The molecule has 0 aliphatic carbocycles. The van der Waals surface area contributed by atoms with E-state index in [1.165, 1.54) is 0 Å². The third kappa shape index (κ3) is 2.28. The highest BCUT2D eigenvalue weighted by Crippen LogP contribution is 2.35. The monoisotopic (exact) mass is 243 g/mol. The SMILES string of the molecule is c1ccc(COCc2cccc3c2OCO3)nc1. The van der Waals surface area contributed by atoms with Crippen molar-refractivity contribution in [3.8, 4) is 11.5 Å². The smallest absolute Gasteiger partial charge is 0.231 e. The van der Waals surface area contributed by atoms with Gasteiger partial charge in [0.05, 0.1) is 18.9 Å². The van der Waals surface area contributed by atoms with Crippen molar-refractivity contribution >= 4 is 0 Å². The van der Waals surface area contributed by atoms with Crippen LogP contribution in [0.3, 0.4) is 0 Å². The van der Waals surface area contributed by atoms with Crippen molar-refractivity contribution in [1.82, 2.24) is 4.98 Å². The van der Waals surface area contributed by atoms with E-state index in [9.17, 15) is 0 Å². The molecule has 0 unspecified atom stereocenters. The number of rotatable bonds is 4. The summed E-state index contributed by atoms with van der Waals surface area (Å²) < 4.78 is 16.4. The Hall–Kier alpha value is -2.07. The molecular weight excluding hydrogens is 230 g/mol. The van der Waals surface area contributed by atoms with E-state index in [4.69, 9.17) is 14.2 Å². The first-order valence-electron chi connectivity index (χ1n) is 5.78. The topological polar surface area (TPSA) is 40.6 Å². The van der Waals surface area contributed by atoms with E-state index in [1.807, 2.05) is 36.4 Å². The maximum absolute atomic E-state index is 5.63. The maximum Gasteiger partial charge on any atom is 0.231 e. The van der Waals surface area contributed by atoms with Crippen molar-refractivity contribution in [2.75, 3.05) is 6.79 Å². The Labute approximate surface area is 105 Å². The van der Waals surface area contributed by atoms with Crippen LogP contribution in [0, 0.1) is 0 Å². The fraction of sp³-hybridized carbons (Fsp3) is 0.214. The lowest BCUT2D eigenvalue weighted by Crippen LogP contribution is -1.98. The zero-order valence-electron chi connectivity index (χ0n) is 9.83. The van der Waals surface area contributed by atoms with Gasteiger partial charge >= 0.3 is 0 Å². The molecule has 0 saturated heterocycles. The number of fused-ring (bicyclic) bond motifs is 1. The predicted octanol–water partition coefficient (Wildman–Crippen LogP) is 2.53. The second-order valence-electron chi connectivity index (χ2n) is 3.96. The minimum Gasteiger partial charge on any atom is -0.454 e. The van der Waals surface area contributed by atoms with Gasteiger partial charge in [0.25, 0.3) is 0 Å². The molecule has 1 aromatic carbocycles. The van der Waals surface area contributed by atoms with Crippen molar-refractivity contribution in [2.24, 2.45) is 0 Å². The van der Waals surface area contributed by atoms with E-state index in [0.717, 1.165) is 22.8 Å². The zero-order valence-corrected chi connectivity index (χ0v) is 9.83. The van der Waals surface area contributed by atoms with Crippen LogP contribution in [0.4, 0.5) is 0 Å². The van der Waals surface area contributed by atoms with Gasteiger partial charge in [-0.05, 0) is 18.2 Å². The lowest BCUT2D eigenvalue weighted by molar-refractivity contribution is 0.101. The van der Waals surface area contributed by atoms with Crippen LogP contribution in [-0.4, -0.2) is 11.8 Å². The highest BCUT2D eigenvalue weighted by Gasteiger charge is 2.16. The Morgan fingerprint density at radius 3 is 2.94 bits per heavy atom. The van der Waals surface area contributed by atoms with Crippen LogP contribution >= 0.6 is 0 Å². The van der Waals surface area contributed by atoms with Crippen LogP contribution < -0.4 is 9.47 Å². The molecule has 0 bridgehead atoms. The molecule has 3 rings (SSSR count). The van der Waals surface area contributed by atoms with E-state index < -0.39 is 0 Å². The molecule has 0 atom stereocenters. The number of hydrogen-bond acceptors (Lipinski definition) is 4. The minimum absolute atomic E-state index is 0.284. The van der Waals surface area contributed by atoms with Gasteiger partial charge in [-0.15, -0.1) is 0 Å². The zero-order chi connectivity index (χ0) is 12.2. The summed E-state index contributed by atoms with van der Waals surface area (Å²) in [6.45, 7) is 1.26. The number of benzene rings is 1. The Kier molecular flexibility index (Phi) is 3.10. The molecule has 1 aliphatic rings. The molecule has 1 aliphatic heterocycles. The molecule has 0 spiro atoms. The average molecular weight is 243 g/mol. The second-order valence-corrected chi connectivity index (χ2v) is 3.96. The summed E-state index contributed by atoms with van der Waals surface area (Å²) in [6, 6.07) is 11.6. The van der Waals surface area contributed by atoms with Crippen LogP contribution in [-0.2, 0) is 18.0 Å². The molecule has 2 heterocycles. The van der Waals surface area contributed by atoms with Crippen molar-refractivity contribution < 1.29 is 14.2 Å². The van der Waals surface area contributed by atoms with Crippen LogP contribution in [0.15, 0.2) is 42.6 Å². The normalized spacial score (nSPS) is 12.7. The summed E-state index contributed by atoms with van der Waals surface area (Å²) in [5.41, 5.74) is 1.92. The summed E-state index contributed by atoms with van der Waals surface area (Å²) in [5, 5.41) is 0. The summed E-state index contributed by atoms with van der Waals surface area (Å²) in [6.07, 6.45) is 1.76. The molecule has 0 fully saturated rings. The van der Waals surface area contributed by atoms with Crippen LogP contribution in [0.1, 0.15) is 11.3 Å². The fourth-order valence-electron chi connectivity index (χ4n) is 1.85. The molecule has 2 aromatic rings. The first-order valence-corrected chi connectivity index (χ1v) is 5.78. The van der Waals surface area contributed by atoms with Crippen molar-refractivity contribution in [2.45, 2.75) is 13.2 Å². The molecule has 92 valence electrons. The second kappa shape index (κ2) is 5.06. The number of para-hydroxylation sites is 1. The minimum atomic E-state index is 0.284. The summed E-state index contributed by atoms with van der Waals surface area (Å²) in [7, 11) is 0. The van der Waals surface area contributed by atoms with E-state index >= 15 is 0 Å². The third-order valence-corrected chi connectivity index (χ3v) is 2.71. The number of aromatic nitrogens is 1. The molecular formula is C14H13NO3. The van der Waals surface area contributed by atoms with Gasteiger partial charge in [0.2, 0.25) is 6.79 Å². The summed E-state index contributed by atoms with van der Waals surface area (Å²) in [4.78, 5) is 4.20. The summed E-state index contributed by atoms with van der Waals surface area (Å²) >= 11 is 0. The molecule has 4 heteroatoms. The van der Waals surface area contributed by atoms with Crippen molar-refractivity contribution in [3.05, 3.63) is 53.9 Å². The lowest BCUT2D eigenvalue weighted by Gasteiger charge is -2.06. The average Bonchev–Trinajstić information content (AvgIpc) is 2.89. The van der Waals surface area contributed by atoms with Gasteiger partial charge in [-0.2, -0.15) is 0 Å². The first-order chi connectivity index (χ1) is 8.93. The highest BCUT2D eigenvalue weighted by molar-refractivity contribution is 5.47. The standard InChI is InChI=1S/C14H13NO3/c1-2-7-15-12(5-1)9-16-8-11-4-3-6-13-14(11)18-10-17-13/h1-7H,8-10H2.